The Labute approximate surface area is 144 Å². The highest BCUT2D eigenvalue weighted by atomic mass is 35.5. The molecule has 1 aliphatic rings. The molecule has 2 rings (SSSR count). The molecule has 0 saturated heterocycles. The maximum atomic E-state index is 8.25. The lowest BCUT2D eigenvalue weighted by Gasteiger charge is -2.18. The van der Waals surface area contributed by atoms with E-state index in [4.69, 9.17) is 38.5 Å². The van der Waals surface area contributed by atoms with Crippen LogP contribution in [-0.4, -0.2) is 24.3 Å². The van der Waals surface area contributed by atoms with Gasteiger partial charge in [-0.25, -0.2) is 0 Å². The van der Waals surface area contributed by atoms with Crippen molar-refractivity contribution in [3.63, 3.8) is 0 Å². The van der Waals surface area contributed by atoms with Crippen molar-refractivity contribution >= 4 is 35.9 Å². The van der Waals surface area contributed by atoms with Gasteiger partial charge in [0.25, 0.3) is 0 Å². The Bertz CT molecular complexity index is 565. The first kappa shape index (κ1) is 19.3. The molecule has 126 valence electrons. The average Bonchev–Trinajstić information content (AvgIpc) is 2.96. The first-order chi connectivity index (χ1) is 10.9. The largest absolute Gasteiger partial charge is 0.356 e. The van der Waals surface area contributed by atoms with Crippen molar-refractivity contribution in [2.45, 2.75) is 32.1 Å². The SMILES string of the molecule is CCCCC(C[NH+]1C=NC=N1)c1ccc(Cl)cc1Cl.O=[N+]([O-])[O-]. The van der Waals surface area contributed by atoms with E-state index in [9.17, 15) is 0 Å². The molecule has 1 heterocycles. The first-order valence-electron chi connectivity index (χ1n) is 7.12. The van der Waals surface area contributed by atoms with Crippen LogP contribution < -0.4 is 5.01 Å². The number of halogens is 2. The molecule has 9 heteroatoms. The Morgan fingerprint density at radius 2 is 2.04 bits per heavy atom. The van der Waals surface area contributed by atoms with Crippen molar-refractivity contribution in [1.82, 2.24) is 0 Å². The maximum absolute atomic E-state index is 8.25. The van der Waals surface area contributed by atoms with Gasteiger partial charge >= 0.3 is 0 Å². The highest BCUT2D eigenvalue weighted by molar-refractivity contribution is 6.35. The summed E-state index contributed by atoms with van der Waals surface area (Å²) in [7, 11) is 0. The van der Waals surface area contributed by atoms with E-state index in [0.29, 0.717) is 10.9 Å². The summed E-state index contributed by atoms with van der Waals surface area (Å²) in [5, 5.41) is 21.4. The Morgan fingerprint density at radius 3 is 2.57 bits per heavy atom. The number of hydrogen-bond acceptors (Lipinski definition) is 5. The van der Waals surface area contributed by atoms with Gasteiger partial charge in [0.2, 0.25) is 6.34 Å². The molecule has 0 saturated carbocycles. The number of quaternary nitrogens is 1. The lowest BCUT2D eigenvalue weighted by Crippen LogP contribution is -3.06. The molecule has 1 N–H and O–H groups in total. The second kappa shape index (κ2) is 10.1. The zero-order valence-corrected chi connectivity index (χ0v) is 14.1. The molecule has 0 fully saturated rings. The number of nitrogens with one attached hydrogen (secondary N) is 1. The van der Waals surface area contributed by atoms with E-state index in [0.717, 1.165) is 28.6 Å². The minimum atomic E-state index is -1.75. The third-order valence-corrected chi connectivity index (χ3v) is 3.84. The smallest absolute Gasteiger partial charge is 0.216 e. The van der Waals surface area contributed by atoms with E-state index in [1.54, 1.807) is 6.34 Å². The van der Waals surface area contributed by atoms with Crippen molar-refractivity contribution in [3.05, 3.63) is 49.1 Å². The molecule has 0 amide bonds. The summed E-state index contributed by atoms with van der Waals surface area (Å²) < 4.78 is 0. The second-order valence-corrected chi connectivity index (χ2v) is 5.79. The summed E-state index contributed by atoms with van der Waals surface area (Å²) in [4.78, 5) is 12.3. The molecule has 1 aromatic carbocycles. The van der Waals surface area contributed by atoms with Crippen molar-refractivity contribution in [3.8, 4) is 0 Å². The predicted octanol–water partition coefficient (Wildman–Crippen LogP) is 2.90. The summed E-state index contributed by atoms with van der Waals surface area (Å²) in [6, 6.07) is 5.74. The minimum absolute atomic E-state index is 0.376. The van der Waals surface area contributed by atoms with Gasteiger partial charge in [-0.3, -0.25) is 0 Å². The molecule has 0 bridgehead atoms. The van der Waals surface area contributed by atoms with Crippen LogP contribution in [0.2, 0.25) is 10.0 Å². The maximum Gasteiger partial charge on any atom is 0.216 e. The van der Waals surface area contributed by atoms with E-state index < -0.39 is 5.09 Å². The van der Waals surface area contributed by atoms with Crippen LogP contribution in [0.15, 0.2) is 28.3 Å². The van der Waals surface area contributed by atoms with E-state index in [1.165, 1.54) is 12.8 Å². The van der Waals surface area contributed by atoms with Gasteiger partial charge in [0.1, 0.15) is 6.54 Å². The fourth-order valence-corrected chi connectivity index (χ4v) is 2.83. The molecular formula is C14H18Cl2N4O3. The van der Waals surface area contributed by atoms with Crippen molar-refractivity contribution in [2.24, 2.45) is 10.1 Å². The fraction of sp³-hybridized carbons (Fsp3) is 0.429. The van der Waals surface area contributed by atoms with Crippen LogP contribution in [0.3, 0.4) is 0 Å². The molecule has 0 aromatic heterocycles. The van der Waals surface area contributed by atoms with Crippen molar-refractivity contribution < 1.29 is 10.1 Å². The number of nitrogens with zero attached hydrogens (tertiary/aromatic N) is 3. The zero-order valence-electron chi connectivity index (χ0n) is 12.6. The number of unbranched alkanes of at least 4 members (excludes halogenated alkanes) is 1. The Hall–Kier alpha value is -1.70. The second-order valence-electron chi connectivity index (χ2n) is 4.95. The molecule has 0 spiro atoms. The quantitative estimate of drug-likeness (QED) is 0.623. The molecule has 7 nitrogen and oxygen atoms in total. The van der Waals surface area contributed by atoms with Gasteiger partial charge in [-0.05, 0) is 24.1 Å². The van der Waals surface area contributed by atoms with E-state index in [1.807, 2.05) is 24.5 Å². The van der Waals surface area contributed by atoms with E-state index in [2.05, 4.69) is 17.0 Å². The van der Waals surface area contributed by atoms with Crippen LogP contribution in [-0.2, 0) is 0 Å². The monoisotopic (exact) mass is 360 g/mol. The summed E-state index contributed by atoms with van der Waals surface area (Å²) in [5.41, 5.74) is 1.16. The molecule has 0 radical (unpaired) electrons. The Morgan fingerprint density at radius 1 is 1.35 bits per heavy atom. The van der Waals surface area contributed by atoms with Crippen LogP contribution in [0.1, 0.15) is 37.7 Å². The molecule has 2 unspecified atom stereocenters. The molecule has 1 aliphatic heterocycles. The van der Waals surface area contributed by atoms with Crippen LogP contribution in [0.5, 0.6) is 0 Å². The highest BCUT2D eigenvalue weighted by Gasteiger charge is 2.21. The zero-order chi connectivity index (χ0) is 17.2. The summed E-state index contributed by atoms with van der Waals surface area (Å²) in [6.07, 6.45) is 6.87. The number of rotatable bonds is 6. The summed E-state index contributed by atoms with van der Waals surface area (Å²) in [6.45, 7) is 3.07. The molecule has 23 heavy (non-hydrogen) atoms. The average molecular weight is 361 g/mol. The lowest BCUT2D eigenvalue weighted by atomic mass is 9.93. The van der Waals surface area contributed by atoms with E-state index in [-0.39, 0.29) is 0 Å². The van der Waals surface area contributed by atoms with Crippen LogP contribution in [0, 0.1) is 15.3 Å². The molecule has 2 atom stereocenters. The highest BCUT2D eigenvalue weighted by Crippen LogP contribution is 2.30. The summed E-state index contributed by atoms with van der Waals surface area (Å²) >= 11 is 12.3. The van der Waals surface area contributed by atoms with Crippen LogP contribution in [0.25, 0.3) is 0 Å². The molecular weight excluding hydrogens is 343 g/mol. The number of hydrogen-bond donors (Lipinski definition) is 1. The predicted molar refractivity (Wildman–Crippen MR) is 91.9 cm³/mol. The van der Waals surface area contributed by atoms with Gasteiger partial charge in [0, 0.05) is 16.0 Å². The normalized spacial score (nSPS) is 16.7. The van der Waals surface area contributed by atoms with Crippen LogP contribution in [0.4, 0.5) is 0 Å². The first-order valence-corrected chi connectivity index (χ1v) is 7.87. The van der Waals surface area contributed by atoms with Crippen molar-refractivity contribution in [2.75, 3.05) is 6.54 Å². The molecule has 0 aliphatic carbocycles. The standard InChI is InChI=1S/C14H17Cl2N3.NO3/c1-2-3-4-11(8-19-10-17-9-18-19)13-6-5-12(15)7-14(13)16;2-1(3)4/h5-7,9-11H,2-4,8H2,1H3;/q;-1/p+1. The van der Waals surface area contributed by atoms with Gasteiger partial charge in [0.05, 0.1) is 5.09 Å². The van der Waals surface area contributed by atoms with Gasteiger partial charge < -0.3 is 15.3 Å². The van der Waals surface area contributed by atoms with Gasteiger partial charge in [-0.1, -0.05) is 54.1 Å². The number of aliphatic imine (C=N–C) groups is 1. The van der Waals surface area contributed by atoms with Crippen molar-refractivity contribution in [1.29, 1.82) is 0 Å². The van der Waals surface area contributed by atoms with Gasteiger partial charge in [-0.2, -0.15) is 10.0 Å². The third-order valence-electron chi connectivity index (χ3n) is 3.28. The Kier molecular flexibility index (Phi) is 8.53. The Balaban J connectivity index is 0.000000593. The topological polar surface area (TPSA) is 95.4 Å². The van der Waals surface area contributed by atoms with Gasteiger partial charge in [0.15, 0.2) is 6.34 Å². The number of benzene rings is 1. The minimum Gasteiger partial charge on any atom is -0.356 e. The van der Waals surface area contributed by atoms with E-state index >= 15 is 0 Å². The lowest BCUT2D eigenvalue weighted by molar-refractivity contribution is -0.804. The summed E-state index contributed by atoms with van der Waals surface area (Å²) in [5.74, 6) is 0.376. The van der Waals surface area contributed by atoms with Gasteiger partial charge in [-0.15, -0.1) is 0 Å². The fourth-order valence-electron chi connectivity index (χ4n) is 2.27. The van der Waals surface area contributed by atoms with Crippen LogP contribution >= 0.6 is 23.2 Å². The third kappa shape index (κ3) is 7.40. The molecule has 1 aromatic rings.